The average molecular weight is 862 g/mol. The minimum Gasteiger partial charge on any atom is -0.394 e. The van der Waals surface area contributed by atoms with Gasteiger partial charge in [0, 0.05) is 34.5 Å². The zero-order valence-electron chi connectivity index (χ0n) is 20.3. The molecule has 0 radical (unpaired) electrons. The Hall–Kier alpha value is -0.910. The van der Waals surface area contributed by atoms with Crippen LogP contribution in [0, 0.1) is 10.7 Å². The van der Waals surface area contributed by atoms with Crippen LogP contribution in [0.25, 0.3) is 0 Å². The number of carbonyl (C=O) groups excluding carboxylic acids is 4. The van der Waals surface area contributed by atoms with E-state index in [1.54, 1.807) is 0 Å². The molecule has 1 aromatic carbocycles. The van der Waals surface area contributed by atoms with Gasteiger partial charge in [0.25, 0.3) is 5.91 Å². The number of amides is 4. The van der Waals surface area contributed by atoms with Gasteiger partial charge in [0.15, 0.2) is 0 Å². The highest BCUT2D eigenvalue weighted by Gasteiger charge is 2.32. The van der Waals surface area contributed by atoms with E-state index in [1.807, 2.05) is 67.8 Å². The number of hydrogen-bond acceptors (Lipinski definition) is 9. The predicted octanol–water partition coefficient (Wildman–Crippen LogP) is -0.616. The normalized spacial score (nSPS) is 14.3. The van der Waals surface area contributed by atoms with Gasteiger partial charge in [0.05, 0.1) is 40.8 Å². The molecular formula is C21H29I3N4O9. The fourth-order valence-corrected chi connectivity index (χ4v) is 7.23. The Labute approximate surface area is 254 Å². The van der Waals surface area contributed by atoms with Crippen molar-refractivity contribution in [3.8, 4) is 0 Å². The van der Waals surface area contributed by atoms with Crippen molar-refractivity contribution in [1.29, 1.82) is 0 Å². The van der Waals surface area contributed by atoms with E-state index in [1.165, 1.54) is 27.9 Å². The van der Waals surface area contributed by atoms with Crippen LogP contribution >= 0.6 is 67.8 Å². The van der Waals surface area contributed by atoms with Crippen molar-refractivity contribution in [2.75, 3.05) is 44.4 Å². The number of halogens is 3. The third kappa shape index (κ3) is 9.07. The van der Waals surface area contributed by atoms with E-state index in [0.717, 1.165) is 9.80 Å². The van der Waals surface area contributed by atoms with Crippen molar-refractivity contribution in [1.82, 2.24) is 9.80 Å². The van der Waals surface area contributed by atoms with Crippen LogP contribution in [-0.2, 0) is 14.4 Å². The molecule has 1 rings (SSSR count). The highest BCUT2D eigenvalue weighted by atomic mass is 127. The molecule has 0 aliphatic rings. The zero-order valence-corrected chi connectivity index (χ0v) is 26.8. The number of aliphatic hydroxyl groups is 5. The molecule has 1 aromatic rings. The SMILES string of the molecule is CC(=O)Nc1c(I)c(NC(C)=O)c(I)c(C(=O)N(C)CC(=O)N(C)C[C@H](O)[C@H](O)[C@H](O)[C@H](O)CO)c1I. The molecule has 13 nitrogen and oxygen atoms in total. The number of anilines is 2. The summed E-state index contributed by atoms with van der Waals surface area (Å²) in [5.41, 5.74) is 0.821. The lowest BCUT2D eigenvalue weighted by atomic mass is 10.0. The summed E-state index contributed by atoms with van der Waals surface area (Å²) in [4.78, 5) is 51.8. The molecule has 208 valence electrons. The van der Waals surface area contributed by atoms with E-state index < -0.39 is 55.9 Å². The van der Waals surface area contributed by atoms with Gasteiger partial charge >= 0.3 is 0 Å². The Morgan fingerprint density at radius 1 is 0.784 bits per heavy atom. The van der Waals surface area contributed by atoms with Crippen LogP contribution in [-0.4, -0.2) is 117 Å². The Bertz CT molecular complexity index is 1000. The molecule has 0 aliphatic carbocycles. The molecule has 0 aromatic heterocycles. The number of nitrogens with one attached hydrogen (secondary N) is 2. The van der Waals surface area contributed by atoms with E-state index in [0.29, 0.717) is 22.1 Å². The summed E-state index contributed by atoms with van der Waals surface area (Å²) in [7, 11) is 2.69. The molecule has 4 amide bonds. The van der Waals surface area contributed by atoms with Gasteiger partial charge in [0.1, 0.15) is 24.4 Å². The van der Waals surface area contributed by atoms with Crippen LogP contribution in [0.4, 0.5) is 11.4 Å². The predicted molar refractivity (Wildman–Crippen MR) is 159 cm³/mol. The fourth-order valence-electron chi connectivity index (χ4n) is 3.06. The number of likely N-dealkylation sites (N-methyl/N-ethyl adjacent to an activating group) is 2. The lowest BCUT2D eigenvalue weighted by molar-refractivity contribution is -0.138. The van der Waals surface area contributed by atoms with Gasteiger partial charge in [-0.15, -0.1) is 0 Å². The number of benzene rings is 1. The average Bonchev–Trinajstić information content (AvgIpc) is 2.82. The maximum atomic E-state index is 13.4. The van der Waals surface area contributed by atoms with Gasteiger partial charge < -0.3 is 46.0 Å². The largest absolute Gasteiger partial charge is 0.394 e. The number of aliphatic hydroxyl groups excluding tert-OH is 5. The van der Waals surface area contributed by atoms with Crippen molar-refractivity contribution < 1.29 is 44.7 Å². The summed E-state index contributed by atoms with van der Waals surface area (Å²) in [5, 5.41) is 53.5. The van der Waals surface area contributed by atoms with Crippen LogP contribution in [0.15, 0.2) is 0 Å². The zero-order chi connectivity index (χ0) is 28.8. The van der Waals surface area contributed by atoms with Gasteiger partial charge in [-0.25, -0.2) is 0 Å². The second kappa shape index (κ2) is 15.0. The van der Waals surface area contributed by atoms with Gasteiger partial charge in [-0.2, -0.15) is 0 Å². The highest BCUT2D eigenvalue weighted by molar-refractivity contribution is 14.1. The summed E-state index contributed by atoms with van der Waals surface area (Å²) in [5.74, 6) is -1.95. The number of rotatable bonds is 11. The van der Waals surface area contributed by atoms with Crippen molar-refractivity contribution in [3.05, 3.63) is 16.3 Å². The third-order valence-electron chi connectivity index (χ3n) is 5.06. The Morgan fingerprint density at radius 3 is 1.62 bits per heavy atom. The van der Waals surface area contributed by atoms with Crippen LogP contribution in [0.2, 0.25) is 0 Å². The highest BCUT2D eigenvalue weighted by Crippen LogP contribution is 2.39. The first-order valence-corrected chi connectivity index (χ1v) is 13.9. The summed E-state index contributed by atoms with van der Waals surface area (Å²) in [6, 6.07) is 0. The van der Waals surface area contributed by atoms with Crippen LogP contribution in [0.3, 0.4) is 0 Å². The second-order valence-corrected chi connectivity index (χ2v) is 11.4. The Morgan fingerprint density at radius 2 is 1.22 bits per heavy atom. The Kier molecular flexibility index (Phi) is 13.9. The lowest BCUT2D eigenvalue weighted by Crippen LogP contribution is -2.51. The molecule has 37 heavy (non-hydrogen) atoms. The molecular weight excluding hydrogens is 833 g/mol. The topological polar surface area (TPSA) is 200 Å². The van der Waals surface area contributed by atoms with Crippen LogP contribution in [0.5, 0.6) is 0 Å². The first-order valence-electron chi connectivity index (χ1n) is 10.6. The van der Waals surface area contributed by atoms with E-state index in [9.17, 15) is 39.6 Å². The van der Waals surface area contributed by atoms with E-state index in [4.69, 9.17) is 5.11 Å². The molecule has 0 saturated heterocycles. The Balaban J connectivity index is 3.17. The first kappa shape index (κ1) is 34.1. The number of hydrogen-bond donors (Lipinski definition) is 7. The minimum absolute atomic E-state index is 0.156. The molecule has 0 aliphatic heterocycles. The smallest absolute Gasteiger partial charge is 0.256 e. The first-order chi connectivity index (χ1) is 17.0. The molecule has 0 unspecified atom stereocenters. The number of nitrogens with zero attached hydrogens (tertiary/aromatic N) is 2. The van der Waals surface area contributed by atoms with E-state index in [-0.39, 0.29) is 17.4 Å². The summed E-state index contributed by atoms with van der Waals surface area (Å²) in [6.07, 6.45) is -7.01. The molecule has 0 spiro atoms. The van der Waals surface area contributed by atoms with Gasteiger partial charge in [-0.05, 0) is 67.8 Å². The van der Waals surface area contributed by atoms with Gasteiger partial charge in [-0.1, -0.05) is 0 Å². The summed E-state index contributed by atoms with van der Waals surface area (Å²) in [6.45, 7) is 0.909. The van der Waals surface area contributed by atoms with E-state index >= 15 is 0 Å². The van der Waals surface area contributed by atoms with Gasteiger partial charge in [-0.3, -0.25) is 19.2 Å². The third-order valence-corrected chi connectivity index (χ3v) is 8.30. The molecule has 0 fully saturated rings. The molecule has 16 heteroatoms. The lowest BCUT2D eigenvalue weighted by Gasteiger charge is -2.29. The summed E-state index contributed by atoms with van der Waals surface area (Å²) >= 11 is 5.77. The molecule has 0 bridgehead atoms. The molecule has 4 atom stereocenters. The quantitative estimate of drug-likeness (QED) is 0.142. The maximum absolute atomic E-state index is 13.4. The van der Waals surface area contributed by atoms with E-state index in [2.05, 4.69) is 10.6 Å². The van der Waals surface area contributed by atoms with Crippen LogP contribution < -0.4 is 10.6 Å². The van der Waals surface area contributed by atoms with Crippen molar-refractivity contribution in [3.63, 3.8) is 0 Å². The second-order valence-electron chi connectivity index (χ2n) is 8.16. The summed E-state index contributed by atoms with van der Waals surface area (Å²) < 4.78 is 1.33. The molecule has 0 saturated carbocycles. The monoisotopic (exact) mass is 862 g/mol. The minimum atomic E-state index is -1.84. The number of carbonyl (C=O) groups is 4. The maximum Gasteiger partial charge on any atom is 0.256 e. The standard InChI is InChI=1S/C21H29I3N4O9/c1-8(30)25-17-14(22)13(15(23)18(16(17)24)26-9(2)31)21(37)28(4)6-12(34)27(3)5-10(32)19(35)20(36)11(33)7-29/h10-11,19-20,29,32-33,35-36H,5-7H2,1-4H3,(H,25,30)(H,26,31)/t10-,11+,19-,20+/m0/s1. The fraction of sp³-hybridized carbons (Fsp3) is 0.524. The van der Waals surface area contributed by atoms with Crippen molar-refractivity contribution in [2.24, 2.45) is 0 Å². The molecule has 0 heterocycles. The van der Waals surface area contributed by atoms with Crippen LogP contribution in [0.1, 0.15) is 24.2 Å². The van der Waals surface area contributed by atoms with Gasteiger partial charge in [0.2, 0.25) is 17.7 Å². The molecule has 7 N–H and O–H groups in total. The van der Waals surface area contributed by atoms with Crippen molar-refractivity contribution in [2.45, 2.75) is 38.3 Å². The van der Waals surface area contributed by atoms with Crippen molar-refractivity contribution >= 4 is 103 Å².